The normalized spacial score (nSPS) is 18.2. The van der Waals surface area contributed by atoms with Crippen LogP contribution in [0, 0.1) is 13.8 Å². The second kappa shape index (κ2) is 5.53. The van der Waals surface area contributed by atoms with Crippen LogP contribution in [0.15, 0.2) is 36.4 Å². The molecule has 2 atom stereocenters. The second-order valence-electron chi connectivity index (χ2n) is 6.03. The Labute approximate surface area is 127 Å². The highest BCUT2D eigenvalue weighted by molar-refractivity contribution is 5.47. The minimum atomic E-state index is 0.229. The molecule has 0 aliphatic carbocycles. The number of aryl methyl sites for hydroxylation is 2. The van der Waals surface area contributed by atoms with Gasteiger partial charge in [-0.05, 0) is 61.7 Å². The Hall–Kier alpha value is -1.80. The van der Waals surface area contributed by atoms with Crippen LogP contribution in [0.1, 0.15) is 40.8 Å². The summed E-state index contributed by atoms with van der Waals surface area (Å²) in [6, 6.07) is 13.3. The van der Waals surface area contributed by atoms with E-state index in [1.54, 1.807) is 0 Å². The van der Waals surface area contributed by atoms with Gasteiger partial charge in [0.1, 0.15) is 11.9 Å². The Morgan fingerprint density at radius 1 is 1.14 bits per heavy atom. The Bertz CT molecular complexity index is 642. The fraction of sp³-hybridized carbons (Fsp3) is 0.368. The van der Waals surface area contributed by atoms with Crippen molar-refractivity contribution < 1.29 is 4.74 Å². The molecule has 21 heavy (non-hydrogen) atoms. The second-order valence-corrected chi connectivity index (χ2v) is 6.03. The van der Waals surface area contributed by atoms with Crippen molar-refractivity contribution >= 4 is 0 Å². The van der Waals surface area contributed by atoms with Crippen molar-refractivity contribution in [1.82, 2.24) is 5.32 Å². The van der Waals surface area contributed by atoms with Crippen molar-refractivity contribution in [2.75, 3.05) is 7.05 Å². The van der Waals surface area contributed by atoms with Crippen LogP contribution in [0.4, 0.5) is 0 Å². The maximum atomic E-state index is 5.81. The maximum absolute atomic E-state index is 5.81. The van der Waals surface area contributed by atoms with Crippen LogP contribution < -0.4 is 10.1 Å². The summed E-state index contributed by atoms with van der Waals surface area (Å²) in [5.41, 5.74) is 6.68. The highest BCUT2D eigenvalue weighted by atomic mass is 16.5. The molecule has 2 aromatic rings. The zero-order valence-electron chi connectivity index (χ0n) is 13.2. The molecule has 0 spiro atoms. The predicted molar refractivity (Wildman–Crippen MR) is 87.1 cm³/mol. The summed E-state index contributed by atoms with van der Waals surface area (Å²) in [6.45, 7) is 6.50. The van der Waals surface area contributed by atoms with E-state index in [4.69, 9.17) is 4.74 Å². The molecule has 0 aromatic heterocycles. The molecule has 1 aliphatic heterocycles. The Kier molecular flexibility index (Phi) is 3.73. The van der Waals surface area contributed by atoms with E-state index in [0.29, 0.717) is 6.10 Å². The van der Waals surface area contributed by atoms with Gasteiger partial charge < -0.3 is 10.1 Å². The van der Waals surface area contributed by atoms with Gasteiger partial charge in [-0.2, -0.15) is 0 Å². The monoisotopic (exact) mass is 281 g/mol. The van der Waals surface area contributed by atoms with Crippen molar-refractivity contribution in [2.24, 2.45) is 0 Å². The van der Waals surface area contributed by atoms with Crippen LogP contribution in [-0.2, 0) is 6.42 Å². The minimum absolute atomic E-state index is 0.229. The summed E-state index contributed by atoms with van der Waals surface area (Å²) in [7, 11) is 2.03. The van der Waals surface area contributed by atoms with Crippen LogP contribution in [0.2, 0.25) is 0 Å². The fourth-order valence-electron chi connectivity index (χ4n) is 3.38. The molecule has 2 heteroatoms. The third-order valence-electron chi connectivity index (χ3n) is 4.37. The number of benzene rings is 2. The van der Waals surface area contributed by atoms with E-state index in [-0.39, 0.29) is 6.04 Å². The van der Waals surface area contributed by atoms with Gasteiger partial charge in [0.15, 0.2) is 0 Å². The molecular formula is C19H23NO. The average molecular weight is 281 g/mol. The van der Waals surface area contributed by atoms with Crippen LogP contribution in [0.3, 0.4) is 0 Å². The Morgan fingerprint density at radius 2 is 1.86 bits per heavy atom. The van der Waals surface area contributed by atoms with Crippen molar-refractivity contribution in [3.05, 3.63) is 64.2 Å². The molecule has 1 N–H and O–H groups in total. The van der Waals surface area contributed by atoms with E-state index in [2.05, 4.69) is 62.5 Å². The quantitative estimate of drug-likeness (QED) is 0.920. The zero-order chi connectivity index (χ0) is 15.0. The van der Waals surface area contributed by atoms with E-state index < -0.39 is 0 Å². The third kappa shape index (κ3) is 2.56. The van der Waals surface area contributed by atoms with E-state index in [0.717, 1.165) is 12.2 Å². The fourth-order valence-corrected chi connectivity index (χ4v) is 3.38. The van der Waals surface area contributed by atoms with Gasteiger partial charge in [0.2, 0.25) is 0 Å². The van der Waals surface area contributed by atoms with Gasteiger partial charge in [-0.15, -0.1) is 0 Å². The van der Waals surface area contributed by atoms with E-state index in [1.807, 2.05) is 7.05 Å². The molecule has 110 valence electrons. The first-order valence-corrected chi connectivity index (χ1v) is 7.63. The van der Waals surface area contributed by atoms with E-state index in [9.17, 15) is 0 Å². The molecule has 0 fully saturated rings. The molecule has 2 unspecified atom stereocenters. The number of hydrogen-bond acceptors (Lipinski definition) is 2. The lowest BCUT2D eigenvalue weighted by Gasteiger charge is -2.22. The van der Waals surface area contributed by atoms with Crippen LogP contribution in [0.25, 0.3) is 0 Å². The number of fused-ring (bicyclic) bond motifs is 1. The first-order valence-electron chi connectivity index (χ1n) is 7.63. The van der Waals surface area contributed by atoms with Crippen LogP contribution in [0.5, 0.6) is 5.75 Å². The van der Waals surface area contributed by atoms with Crippen molar-refractivity contribution in [3.63, 3.8) is 0 Å². The van der Waals surface area contributed by atoms with Gasteiger partial charge >= 0.3 is 0 Å². The molecule has 0 amide bonds. The van der Waals surface area contributed by atoms with Crippen molar-refractivity contribution in [2.45, 2.75) is 39.3 Å². The van der Waals surface area contributed by atoms with Gasteiger partial charge in [-0.3, -0.25) is 0 Å². The van der Waals surface area contributed by atoms with Gasteiger partial charge in [0.25, 0.3) is 0 Å². The highest BCUT2D eigenvalue weighted by Crippen LogP contribution is 2.34. The summed E-state index contributed by atoms with van der Waals surface area (Å²) in [6.07, 6.45) is 1.30. The lowest BCUT2D eigenvalue weighted by Crippen LogP contribution is -2.20. The Balaban J connectivity index is 2.04. The first-order chi connectivity index (χ1) is 10.1. The maximum Gasteiger partial charge on any atom is 0.123 e. The molecule has 1 aliphatic rings. The summed E-state index contributed by atoms with van der Waals surface area (Å²) >= 11 is 0. The van der Waals surface area contributed by atoms with Crippen LogP contribution >= 0.6 is 0 Å². The van der Waals surface area contributed by atoms with Gasteiger partial charge in [-0.1, -0.05) is 30.3 Å². The Morgan fingerprint density at radius 3 is 2.52 bits per heavy atom. The summed E-state index contributed by atoms with van der Waals surface area (Å²) in [5.74, 6) is 1.04. The summed E-state index contributed by atoms with van der Waals surface area (Å²) in [4.78, 5) is 0. The predicted octanol–water partition coefficient (Wildman–Crippen LogP) is 3.94. The number of hydrogen-bond donors (Lipinski definition) is 1. The topological polar surface area (TPSA) is 21.3 Å². The standard InChI is InChI=1S/C19H23NO/c1-12-6-5-7-13(2)18(12)19(20-4)15-8-9-17-16(11-15)10-14(3)21-17/h5-9,11,14,19-20H,10H2,1-4H3. The first kappa shape index (κ1) is 14.2. The lowest BCUT2D eigenvalue weighted by atomic mass is 9.90. The smallest absolute Gasteiger partial charge is 0.123 e. The average Bonchev–Trinajstić information content (AvgIpc) is 2.82. The molecule has 1 heterocycles. The molecule has 2 aromatic carbocycles. The van der Waals surface area contributed by atoms with Crippen LogP contribution in [-0.4, -0.2) is 13.2 Å². The molecule has 2 nitrogen and oxygen atoms in total. The van der Waals surface area contributed by atoms with Gasteiger partial charge in [0.05, 0.1) is 6.04 Å². The summed E-state index contributed by atoms with van der Waals surface area (Å²) in [5, 5.41) is 3.48. The number of ether oxygens (including phenoxy) is 1. The molecule has 0 radical (unpaired) electrons. The third-order valence-corrected chi connectivity index (χ3v) is 4.37. The van der Waals surface area contributed by atoms with Gasteiger partial charge in [-0.25, -0.2) is 0 Å². The lowest BCUT2D eigenvalue weighted by molar-refractivity contribution is 0.254. The van der Waals surface area contributed by atoms with E-state index in [1.165, 1.54) is 27.8 Å². The molecular weight excluding hydrogens is 258 g/mol. The molecule has 0 saturated heterocycles. The molecule has 0 saturated carbocycles. The van der Waals surface area contributed by atoms with Crippen molar-refractivity contribution in [1.29, 1.82) is 0 Å². The largest absolute Gasteiger partial charge is 0.490 e. The molecule has 3 rings (SSSR count). The SMILES string of the molecule is CNC(c1ccc2c(c1)CC(C)O2)c1c(C)cccc1C. The number of nitrogens with one attached hydrogen (secondary N) is 1. The molecule has 0 bridgehead atoms. The van der Waals surface area contributed by atoms with Gasteiger partial charge in [0, 0.05) is 6.42 Å². The number of rotatable bonds is 3. The van der Waals surface area contributed by atoms with Crippen molar-refractivity contribution in [3.8, 4) is 5.75 Å². The van der Waals surface area contributed by atoms with E-state index >= 15 is 0 Å². The zero-order valence-corrected chi connectivity index (χ0v) is 13.2. The highest BCUT2D eigenvalue weighted by Gasteiger charge is 2.22. The summed E-state index contributed by atoms with van der Waals surface area (Å²) < 4.78 is 5.81. The minimum Gasteiger partial charge on any atom is -0.490 e.